The Bertz CT molecular complexity index is 401. The summed E-state index contributed by atoms with van der Waals surface area (Å²) in [5.74, 6) is -2.14. The zero-order valence-electron chi connectivity index (χ0n) is 10.5. The van der Waals surface area contributed by atoms with Gasteiger partial charge in [0.05, 0.1) is 12.2 Å². The highest BCUT2D eigenvalue weighted by Crippen LogP contribution is 2.10. The van der Waals surface area contributed by atoms with Gasteiger partial charge in [-0.05, 0) is 25.0 Å². The number of rotatable bonds is 7. The van der Waals surface area contributed by atoms with Crippen LogP contribution in [0.5, 0.6) is 0 Å². The number of hydrogen-bond donors (Lipinski definition) is 1. The molecule has 0 aliphatic heterocycles. The molecule has 0 atom stereocenters. The summed E-state index contributed by atoms with van der Waals surface area (Å²) >= 11 is 0. The average Bonchev–Trinajstić information content (AvgIpc) is 2.31. The summed E-state index contributed by atoms with van der Waals surface area (Å²) in [5, 5.41) is 8.48. The van der Waals surface area contributed by atoms with Crippen LogP contribution in [0, 0.1) is 0 Å². The third-order valence-electron chi connectivity index (χ3n) is 1.86. The normalized spacial score (nSPS) is 9.28. The molecule has 5 heteroatoms. The van der Waals surface area contributed by atoms with E-state index in [-0.39, 0.29) is 29.9 Å². The maximum atomic E-state index is 11.7. The van der Waals surface area contributed by atoms with Crippen LogP contribution in [0.4, 0.5) is 0 Å². The predicted octanol–water partition coefficient (Wildman–Crippen LogP) is 0.739. The van der Waals surface area contributed by atoms with Gasteiger partial charge in [0.1, 0.15) is 6.61 Å². The maximum absolute atomic E-state index is 11.7. The average molecular weight is 252 g/mol. The smallest absolute Gasteiger partial charge is 0.331 e. The summed E-state index contributed by atoms with van der Waals surface area (Å²) in [6.45, 7) is 9.17. The Balaban J connectivity index is 5.22. The standard InChI is InChI=1S/C13H16O5/c1-8(2)12(16)10(13(17)9(3)4)7-11(15)18-6-5-14/h7,14H,1,3,5-6H2,2,4H3. The first-order chi connectivity index (χ1) is 8.31. The fourth-order valence-corrected chi connectivity index (χ4v) is 1.000. The van der Waals surface area contributed by atoms with Crippen LogP contribution in [-0.4, -0.2) is 35.9 Å². The van der Waals surface area contributed by atoms with Crippen LogP contribution >= 0.6 is 0 Å². The van der Waals surface area contributed by atoms with Crippen LogP contribution in [-0.2, 0) is 19.1 Å². The molecule has 0 unspecified atom stereocenters. The Morgan fingerprint density at radius 2 is 1.56 bits per heavy atom. The van der Waals surface area contributed by atoms with Gasteiger partial charge >= 0.3 is 5.97 Å². The summed E-state index contributed by atoms with van der Waals surface area (Å²) in [5.41, 5.74) is -0.0745. The van der Waals surface area contributed by atoms with Crippen molar-refractivity contribution in [1.29, 1.82) is 0 Å². The molecule has 1 N–H and O–H groups in total. The second-order valence-corrected chi connectivity index (χ2v) is 3.67. The van der Waals surface area contributed by atoms with Gasteiger partial charge in [0.2, 0.25) is 0 Å². The number of ketones is 2. The number of carbonyl (C=O) groups is 3. The van der Waals surface area contributed by atoms with Crippen LogP contribution in [0.15, 0.2) is 36.0 Å². The number of hydrogen-bond acceptors (Lipinski definition) is 5. The molecule has 0 amide bonds. The Kier molecular flexibility index (Phi) is 6.52. The molecule has 0 saturated carbocycles. The maximum Gasteiger partial charge on any atom is 0.331 e. The van der Waals surface area contributed by atoms with Crippen molar-refractivity contribution in [2.24, 2.45) is 0 Å². The van der Waals surface area contributed by atoms with E-state index < -0.39 is 17.5 Å². The van der Waals surface area contributed by atoms with E-state index in [9.17, 15) is 14.4 Å². The zero-order chi connectivity index (χ0) is 14.3. The molecular formula is C13H16O5. The molecule has 0 aromatic rings. The van der Waals surface area contributed by atoms with Crippen molar-refractivity contribution in [2.75, 3.05) is 13.2 Å². The van der Waals surface area contributed by atoms with Crippen molar-refractivity contribution in [3.63, 3.8) is 0 Å². The Morgan fingerprint density at radius 1 is 1.11 bits per heavy atom. The quantitative estimate of drug-likeness (QED) is 0.313. The summed E-state index contributed by atoms with van der Waals surface area (Å²) in [6, 6.07) is 0. The van der Waals surface area contributed by atoms with Crippen LogP contribution in [0.3, 0.4) is 0 Å². The molecule has 98 valence electrons. The molecule has 0 aliphatic rings. The van der Waals surface area contributed by atoms with Gasteiger partial charge in [-0.3, -0.25) is 9.59 Å². The Labute approximate surface area is 105 Å². The van der Waals surface area contributed by atoms with Gasteiger partial charge in [-0.25, -0.2) is 4.79 Å². The number of aliphatic hydroxyl groups excluding tert-OH is 1. The van der Waals surface area contributed by atoms with Crippen molar-refractivity contribution < 1.29 is 24.2 Å². The molecule has 0 aromatic heterocycles. The highest BCUT2D eigenvalue weighted by molar-refractivity contribution is 6.31. The van der Waals surface area contributed by atoms with E-state index in [0.717, 1.165) is 6.08 Å². The first kappa shape index (κ1) is 16.0. The highest BCUT2D eigenvalue weighted by Gasteiger charge is 2.20. The second kappa shape index (κ2) is 7.34. The number of esters is 1. The predicted molar refractivity (Wildman–Crippen MR) is 65.8 cm³/mol. The van der Waals surface area contributed by atoms with Crippen LogP contribution in [0.25, 0.3) is 0 Å². The lowest BCUT2D eigenvalue weighted by Crippen LogP contribution is -2.17. The Hall–Kier alpha value is -2.01. The number of aliphatic hydroxyl groups is 1. The minimum atomic E-state index is -0.872. The minimum absolute atomic E-state index is 0.130. The van der Waals surface area contributed by atoms with Crippen molar-refractivity contribution >= 4 is 17.5 Å². The van der Waals surface area contributed by atoms with Crippen molar-refractivity contribution in [1.82, 2.24) is 0 Å². The van der Waals surface area contributed by atoms with Gasteiger partial charge in [0.15, 0.2) is 11.6 Å². The highest BCUT2D eigenvalue weighted by atomic mass is 16.5. The van der Waals surface area contributed by atoms with E-state index in [1.165, 1.54) is 13.8 Å². The van der Waals surface area contributed by atoms with Gasteiger partial charge in [-0.15, -0.1) is 0 Å². The third-order valence-corrected chi connectivity index (χ3v) is 1.86. The van der Waals surface area contributed by atoms with Crippen LogP contribution in [0.2, 0.25) is 0 Å². The lowest BCUT2D eigenvalue weighted by atomic mass is 9.98. The molecule has 0 bridgehead atoms. The molecular weight excluding hydrogens is 236 g/mol. The molecule has 0 aliphatic carbocycles. The summed E-state index contributed by atoms with van der Waals surface area (Å²) in [6.07, 6.45) is 0.795. The molecule has 0 heterocycles. The number of ether oxygens (including phenoxy) is 1. The lowest BCUT2D eigenvalue weighted by Gasteiger charge is -2.05. The van der Waals surface area contributed by atoms with E-state index in [1.807, 2.05) is 0 Å². The molecule has 0 fully saturated rings. The first-order valence-electron chi connectivity index (χ1n) is 5.21. The van der Waals surface area contributed by atoms with Gasteiger partial charge in [0.25, 0.3) is 0 Å². The fourth-order valence-electron chi connectivity index (χ4n) is 1.000. The van der Waals surface area contributed by atoms with Crippen molar-refractivity contribution in [3.05, 3.63) is 36.0 Å². The molecule has 0 radical (unpaired) electrons. The third kappa shape index (κ3) is 4.88. The summed E-state index contributed by atoms with van der Waals surface area (Å²) < 4.78 is 4.55. The van der Waals surface area contributed by atoms with Crippen molar-refractivity contribution in [2.45, 2.75) is 13.8 Å². The van der Waals surface area contributed by atoms with E-state index >= 15 is 0 Å². The van der Waals surface area contributed by atoms with Gasteiger partial charge in [-0.2, -0.15) is 0 Å². The molecule has 0 saturated heterocycles. The topological polar surface area (TPSA) is 80.7 Å². The molecule has 5 nitrogen and oxygen atoms in total. The van der Waals surface area contributed by atoms with E-state index in [2.05, 4.69) is 17.9 Å². The largest absolute Gasteiger partial charge is 0.460 e. The second-order valence-electron chi connectivity index (χ2n) is 3.67. The SMILES string of the molecule is C=C(C)C(=O)C(=CC(=O)OCCO)C(=O)C(=C)C. The molecule has 0 rings (SSSR count). The Morgan fingerprint density at radius 3 is 1.89 bits per heavy atom. The molecule has 0 spiro atoms. The lowest BCUT2D eigenvalue weighted by molar-refractivity contribution is -0.139. The van der Waals surface area contributed by atoms with E-state index in [1.54, 1.807) is 0 Å². The molecule has 0 aromatic carbocycles. The number of allylic oxidation sites excluding steroid dienone is 3. The fraction of sp³-hybridized carbons (Fsp3) is 0.308. The number of carbonyl (C=O) groups excluding carboxylic acids is 3. The van der Waals surface area contributed by atoms with E-state index in [0.29, 0.717) is 0 Å². The van der Waals surface area contributed by atoms with Crippen LogP contribution < -0.4 is 0 Å². The van der Waals surface area contributed by atoms with Gasteiger partial charge in [0, 0.05) is 6.08 Å². The number of Topliss-reactive ketones (excluding diaryl/α,β-unsaturated/α-hetero) is 2. The van der Waals surface area contributed by atoms with Crippen molar-refractivity contribution in [3.8, 4) is 0 Å². The van der Waals surface area contributed by atoms with Gasteiger partial charge < -0.3 is 9.84 Å². The minimum Gasteiger partial charge on any atom is -0.460 e. The van der Waals surface area contributed by atoms with Crippen LogP contribution in [0.1, 0.15) is 13.8 Å². The van der Waals surface area contributed by atoms with E-state index in [4.69, 9.17) is 5.11 Å². The zero-order valence-corrected chi connectivity index (χ0v) is 10.5. The molecule has 18 heavy (non-hydrogen) atoms. The van der Waals surface area contributed by atoms with Gasteiger partial charge in [-0.1, -0.05) is 13.2 Å². The first-order valence-corrected chi connectivity index (χ1v) is 5.21. The monoisotopic (exact) mass is 252 g/mol. The summed E-state index contributed by atoms with van der Waals surface area (Å²) in [7, 11) is 0. The summed E-state index contributed by atoms with van der Waals surface area (Å²) in [4.78, 5) is 34.7.